The normalized spacial score (nSPS) is 15.7. The molecule has 1 unspecified atom stereocenters. The number of halogens is 1. The summed E-state index contributed by atoms with van der Waals surface area (Å²) in [5.41, 5.74) is 7.77. The van der Waals surface area contributed by atoms with Gasteiger partial charge in [-0.1, -0.05) is 18.2 Å². The second kappa shape index (κ2) is 10.2. The van der Waals surface area contributed by atoms with E-state index in [1.165, 1.54) is 0 Å². The summed E-state index contributed by atoms with van der Waals surface area (Å²) < 4.78 is 23.0. The van der Waals surface area contributed by atoms with Gasteiger partial charge in [0.05, 0.1) is 29.7 Å². The van der Waals surface area contributed by atoms with Crippen LogP contribution >= 0.6 is 15.9 Å². The molecule has 2 aromatic carbocycles. The van der Waals surface area contributed by atoms with Crippen molar-refractivity contribution in [2.45, 2.75) is 26.4 Å². The molecular formula is C24H23BrN2O5. The van der Waals surface area contributed by atoms with Crippen molar-refractivity contribution in [3.63, 3.8) is 0 Å². The predicted molar refractivity (Wildman–Crippen MR) is 121 cm³/mol. The van der Waals surface area contributed by atoms with E-state index in [9.17, 15) is 10.1 Å². The van der Waals surface area contributed by atoms with Crippen LogP contribution in [0.1, 0.15) is 30.9 Å². The van der Waals surface area contributed by atoms with Gasteiger partial charge in [0.2, 0.25) is 5.88 Å². The Labute approximate surface area is 195 Å². The Morgan fingerprint density at radius 2 is 2.00 bits per heavy atom. The van der Waals surface area contributed by atoms with Gasteiger partial charge in [-0.3, -0.25) is 0 Å². The smallest absolute Gasteiger partial charge is 0.338 e. The lowest BCUT2D eigenvalue weighted by Crippen LogP contribution is -2.25. The van der Waals surface area contributed by atoms with Crippen LogP contribution in [0.15, 0.2) is 69.7 Å². The molecule has 0 aromatic heterocycles. The minimum atomic E-state index is -0.735. The van der Waals surface area contributed by atoms with Crippen LogP contribution < -0.4 is 15.2 Å². The zero-order chi connectivity index (χ0) is 23.3. The lowest BCUT2D eigenvalue weighted by molar-refractivity contribution is -0.139. The van der Waals surface area contributed by atoms with Gasteiger partial charge >= 0.3 is 5.97 Å². The van der Waals surface area contributed by atoms with Crippen LogP contribution in [0.2, 0.25) is 0 Å². The second-order valence-electron chi connectivity index (χ2n) is 6.91. The van der Waals surface area contributed by atoms with Crippen molar-refractivity contribution in [2.24, 2.45) is 5.73 Å². The highest BCUT2D eigenvalue weighted by atomic mass is 79.9. The van der Waals surface area contributed by atoms with Crippen LogP contribution in [0.4, 0.5) is 0 Å². The quantitative estimate of drug-likeness (QED) is 0.552. The SMILES string of the molecule is CCOC(=O)C1=C(C)OC(N)=C(C#N)C1c1ccc(OC)c(COc2ccccc2Br)c1. The van der Waals surface area contributed by atoms with E-state index in [4.69, 9.17) is 24.7 Å². The number of para-hydroxylation sites is 1. The first kappa shape index (κ1) is 23.2. The molecule has 7 nitrogen and oxygen atoms in total. The van der Waals surface area contributed by atoms with E-state index in [-0.39, 0.29) is 30.2 Å². The lowest BCUT2D eigenvalue weighted by atomic mass is 9.82. The number of nitrogens with two attached hydrogens (primary N) is 1. The number of rotatable bonds is 7. The summed E-state index contributed by atoms with van der Waals surface area (Å²) in [5.74, 6) is 0.257. The van der Waals surface area contributed by atoms with E-state index < -0.39 is 11.9 Å². The molecule has 166 valence electrons. The average molecular weight is 499 g/mol. The zero-order valence-electron chi connectivity index (χ0n) is 18.0. The fraction of sp³-hybridized carbons (Fsp3) is 0.250. The summed E-state index contributed by atoms with van der Waals surface area (Å²) in [5, 5.41) is 9.76. The van der Waals surface area contributed by atoms with Gasteiger partial charge in [0.1, 0.15) is 35.5 Å². The third kappa shape index (κ3) is 4.73. The maximum absolute atomic E-state index is 12.7. The molecule has 2 N–H and O–H groups in total. The van der Waals surface area contributed by atoms with E-state index in [1.54, 1.807) is 33.1 Å². The van der Waals surface area contributed by atoms with Crippen molar-refractivity contribution in [1.29, 1.82) is 5.26 Å². The largest absolute Gasteiger partial charge is 0.496 e. The van der Waals surface area contributed by atoms with Gasteiger partial charge in [0.25, 0.3) is 0 Å². The summed E-state index contributed by atoms with van der Waals surface area (Å²) in [6.07, 6.45) is 0. The number of carbonyl (C=O) groups is 1. The average Bonchev–Trinajstić information content (AvgIpc) is 2.78. The van der Waals surface area contributed by atoms with Crippen LogP contribution in [-0.4, -0.2) is 19.7 Å². The zero-order valence-corrected chi connectivity index (χ0v) is 19.6. The number of nitrogens with zero attached hydrogens (tertiary/aromatic N) is 1. The number of methoxy groups -OCH3 is 1. The van der Waals surface area contributed by atoms with Gasteiger partial charge in [0, 0.05) is 5.56 Å². The Kier molecular flexibility index (Phi) is 7.44. The number of esters is 1. The first-order valence-electron chi connectivity index (χ1n) is 9.90. The van der Waals surface area contributed by atoms with Gasteiger partial charge in [-0.05, 0) is 59.6 Å². The van der Waals surface area contributed by atoms with Crippen molar-refractivity contribution < 1.29 is 23.7 Å². The Hall–Kier alpha value is -3.44. The number of hydrogen-bond donors (Lipinski definition) is 1. The molecule has 0 amide bonds. The van der Waals surface area contributed by atoms with Crippen LogP contribution in [0, 0.1) is 11.3 Å². The fourth-order valence-electron chi connectivity index (χ4n) is 3.50. The number of nitriles is 1. The van der Waals surface area contributed by atoms with Crippen molar-refractivity contribution >= 4 is 21.9 Å². The first-order valence-corrected chi connectivity index (χ1v) is 10.7. The highest BCUT2D eigenvalue weighted by Crippen LogP contribution is 2.41. The molecule has 1 aliphatic heterocycles. The fourth-order valence-corrected chi connectivity index (χ4v) is 3.90. The van der Waals surface area contributed by atoms with Crippen LogP contribution in [-0.2, 0) is 20.9 Å². The molecule has 0 saturated carbocycles. The minimum absolute atomic E-state index is 0.0371. The highest BCUT2D eigenvalue weighted by Gasteiger charge is 2.36. The number of benzene rings is 2. The molecule has 1 heterocycles. The number of hydrogen-bond acceptors (Lipinski definition) is 7. The highest BCUT2D eigenvalue weighted by molar-refractivity contribution is 9.10. The molecule has 0 bridgehead atoms. The monoisotopic (exact) mass is 498 g/mol. The molecule has 0 radical (unpaired) electrons. The van der Waals surface area contributed by atoms with E-state index in [2.05, 4.69) is 22.0 Å². The van der Waals surface area contributed by atoms with Gasteiger partial charge in [-0.15, -0.1) is 0 Å². The number of ether oxygens (including phenoxy) is 4. The molecule has 1 atom stereocenters. The topological polar surface area (TPSA) is 104 Å². The van der Waals surface area contributed by atoms with E-state index >= 15 is 0 Å². The Morgan fingerprint density at radius 3 is 2.66 bits per heavy atom. The summed E-state index contributed by atoms with van der Waals surface area (Å²) in [6, 6.07) is 15.0. The molecule has 8 heteroatoms. The summed E-state index contributed by atoms with van der Waals surface area (Å²) in [7, 11) is 1.57. The molecule has 32 heavy (non-hydrogen) atoms. The lowest BCUT2D eigenvalue weighted by Gasteiger charge is -2.27. The summed E-state index contributed by atoms with van der Waals surface area (Å²) in [6.45, 7) is 3.74. The number of allylic oxidation sites excluding steroid dienone is 2. The third-order valence-electron chi connectivity index (χ3n) is 4.96. The number of carbonyl (C=O) groups excluding carboxylic acids is 1. The van der Waals surface area contributed by atoms with Gasteiger partial charge in [-0.25, -0.2) is 4.79 Å². The van der Waals surface area contributed by atoms with E-state index in [1.807, 2.05) is 30.3 Å². The van der Waals surface area contributed by atoms with E-state index in [0.717, 1.165) is 10.0 Å². The Balaban J connectivity index is 2.04. The van der Waals surface area contributed by atoms with Crippen LogP contribution in [0.25, 0.3) is 0 Å². The molecule has 1 aliphatic rings. The van der Waals surface area contributed by atoms with Crippen molar-refractivity contribution in [2.75, 3.05) is 13.7 Å². The van der Waals surface area contributed by atoms with Crippen LogP contribution in [0.3, 0.4) is 0 Å². The molecule has 3 rings (SSSR count). The molecule has 0 spiro atoms. The molecule has 0 fully saturated rings. The Bertz CT molecular complexity index is 1130. The van der Waals surface area contributed by atoms with Crippen molar-refractivity contribution in [3.8, 4) is 17.6 Å². The van der Waals surface area contributed by atoms with Gasteiger partial charge in [0.15, 0.2) is 0 Å². The van der Waals surface area contributed by atoms with Gasteiger partial charge in [-0.2, -0.15) is 5.26 Å². The van der Waals surface area contributed by atoms with Crippen molar-refractivity contribution in [1.82, 2.24) is 0 Å². The standard InChI is InChI=1S/C24H23BrN2O5/c1-4-30-24(28)21-14(2)32-23(27)17(12-26)22(21)15-9-10-19(29-3)16(11-15)13-31-20-8-6-5-7-18(20)25/h5-11,22H,4,13,27H2,1-3H3. The van der Waals surface area contributed by atoms with Crippen molar-refractivity contribution in [3.05, 3.63) is 80.9 Å². The molecule has 0 aliphatic carbocycles. The Morgan fingerprint density at radius 1 is 1.25 bits per heavy atom. The summed E-state index contributed by atoms with van der Waals surface area (Å²) in [4.78, 5) is 12.7. The van der Waals surface area contributed by atoms with Gasteiger partial charge < -0.3 is 24.7 Å². The van der Waals surface area contributed by atoms with Crippen LogP contribution in [0.5, 0.6) is 11.5 Å². The molecular weight excluding hydrogens is 476 g/mol. The molecule has 2 aromatic rings. The first-order chi connectivity index (χ1) is 15.4. The molecule has 0 saturated heterocycles. The second-order valence-corrected chi connectivity index (χ2v) is 7.76. The maximum Gasteiger partial charge on any atom is 0.338 e. The third-order valence-corrected chi connectivity index (χ3v) is 5.61. The predicted octanol–water partition coefficient (Wildman–Crippen LogP) is 4.68. The minimum Gasteiger partial charge on any atom is -0.496 e. The summed E-state index contributed by atoms with van der Waals surface area (Å²) >= 11 is 3.47. The maximum atomic E-state index is 12.7. The van der Waals surface area contributed by atoms with E-state index in [0.29, 0.717) is 22.8 Å².